The number of amides is 1. The average molecular weight is 316 g/mol. The average Bonchev–Trinajstić information content (AvgIpc) is 2.91. The van der Waals surface area contributed by atoms with E-state index in [0.717, 1.165) is 12.1 Å². The number of thiazole rings is 1. The Balaban J connectivity index is 2.02. The lowest BCUT2D eigenvalue weighted by molar-refractivity contribution is -0.137. The van der Waals surface area contributed by atoms with Crippen LogP contribution in [0.4, 0.5) is 18.3 Å². The quantitative estimate of drug-likeness (QED) is 0.938. The number of anilines is 1. The number of hydrogen-bond acceptors (Lipinski definition) is 4. The second-order valence-electron chi connectivity index (χ2n) is 4.11. The molecule has 0 fully saturated rings. The number of rotatable bonds is 4. The van der Waals surface area contributed by atoms with Crippen LogP contribution in [-0.4, -0.2) is 17.0 Å². The Hall–Kier alpha value is -2.09. The summed E-state index contributed by atoms with van der Waals surface area (Å²) in [5, 5.41) is 4.60. The summed E-state index contributed by atoms with van der Waals surface area (Å²) in [6, 6.07) is 4.38. The summed E-state index contributed by atoms with van der Waals surface area (Å²) in [4.78, 5) is 15.7. The molecule has 1 amide bonds. The number of carbonyl (C=O) groups excluding carboxylic acids is 1. The van der Waals surface area contributed by atoms with Gasteiger partial charge in [0, 0.05) is 11.6 Å². The minimum Gasteiger partial charge on any atom is -0.481 e. The smallest absolute Gasteiger partial charge is 0.416 e. The van der Waals surface area contributed by atoms with Gasteiger partial charge in [0.05, 0.1) is 5.56 Å². The van der Waals surface area contributed by atoms with Crippen molar-refractivity contribution in [1.29, 1.82) is 0 Å². The summed E-state index contributed by atoms with van der Waals surface area (Å²) in [6.07, 6.45) is -3.87. The summed E-state index contributed by atoms with van der Waals surface area (Å²) in [6.45, 7) is 1.45. The Kier molecular flexibility index (Phi) is 4.46. The lowest BCUT2D eigenvalue weighted by Gasteiger charge is -2.15. The number of alkyl halides is 3. The van der Waals surface area contributed by atoms with Gasteiger partial charge in [0.25, 0.3) is 5.91 Å². The van der Waals surface area contributed by atoms with Gasteiger partial charge in [-0.3, -0.25) is 10.1 Å². The minimum absolute atomic E-state index is 0.0217. The first-order valence-corrected chi connectivity index (χ1v) is 6.78. The number of benzene rings is 1. The molecule has 0 aliphatic rings. The molecule has 0 aliphatic heterocycles. The maximum absolute atomic E-state index is 12.6. The van der Waals surface area contributed by atoms with E-state index in [0.29, 0.717) is 5.13 Å². The van der Waals surface area contributed by atoms with Crippen molar-refractivity contribution in [1.82, 2.24) is 4.98 Å². The Morgan fingerprint density at radius 3 is 2.81 bits per heavy atom. The zero-order valence-corrected chi connectivity index (χ0v) is 11.7. The van der Waals surface area contributed by atoms with Crippen molar-refractivity contribution in [3.05, 3.63) is 41.4 Å². The molecule has 0 spiro atoms. The zero-order chi connectivity index (χ0) is 15.5. The van der Waals surface area contributed by atoms with E-state index in [4.69, 9.17) is 4.74 Å². The van der Waals surface area contributed by atoms with Crippen LogP contribution in [0.1, 0.15) is 12.5 Å². The summed E-state index contributed by atoms with van der Waals surface area (Å²) < 4.78 is 42.9. The van der Waals surface area contributed by atoms with Crippen LogP contribution >= 0.6 is 11.3 Å². The molecule has 8 heteroatoms. The highest BCUT2D eigenvalue weighted by atomic mass is 32.1. The number of halogens is 3. The molecule has 2 aromatic rings. The highest BCUT2D eigenvalue weighted by Gasteiger charge is 2.30. The summed E-state index contributed by atoms with van der Waals surface area (Å²) in [5.74, 6) is -0.506. The van der Waals surface area contributed by atoms with E-state index in [1.165, 1.54) is 36.6 Å². The molecule has 0 saturated heterocycles. The summed E-state index contributed by atoms with van der Waals surface area (Å²) >= 11 is 1.23. The first-order valence-electron chi connectivity index (χ1n) is 5.90. The Bertz CT molecular complexity index is 614. The summed E-state index contributed by atoms with van der Waals surface area (Å²) in [5.41, 5.74) is -0.826. The van der Waals surface area contributed by atoms with Crippen LogP contribution in [0.3, 0.4) is 0 Å². The third-order valence-electron chi connectivity index (χ3n) is 2.51. The van der Waals surface area contributed by atoms with Crippen molar-refractivity contribution in [3.8, 4) is 5.75 Å². The molecule has 2 rings (SSSR count). The molecular weight excluding hydrogens is 305 g/mol. The van der Waals surface area contributed by atoms with E-state index >= 15 is 0 Å². The Labute approximate surface area is 122 Å². The number of carbonyl (C=O) groups is 1. The van der Waals surface area contributed by atoms with Gasteiger partial charge in [-0.15, -0.1) is 11.3 Å². The van der Waals surface area contributed by atoms with E-state index in [2.05, 4.69) is 10.3 Å². The van der Waals surface area contributed by atoms with Gasteiger partial charge in [-0.05, 0) is 25.1 Å². The van der Waals surface area contributed by atoms with E-state index in [1.54, 1.807) is 5.38 Å². The third-order valence-corrected chi connectivity index (χ3v) is 3.19. The first kappa shape index (κ1) is 15.3. The number of ether oxygens (including phenoxy) is 1. The van der Waals surface area contributed by atoms with Crippen LogP contribution < -0.4 is 10.1 Å². The van der Waals surface area contributed by atoms with Crippen LogP contribution in [0, 0.1) is 0 Å². The van der Waals surface area contributed by atoms with Crippen molar-refractivity contribution in [3.63, 3.8) is 0 Å². The zero-order valence-electron chi connectivity index (χ0n) is 10.8. The molecule has 1 aromatic carbocycles. The van der Waals surface area contributed by atoms with Gasteiger partial charge in [-0.2, -0.15) is 13.2 Å². The molecule has 1 aromatic heterocycles. The molecule has 112 valence electrons. The molecule has 0 bridgehead atoms. The molecular formula is C13H11F3N2O2S. The topological polar surface area (TPSA) is 51.2 Å². The van der Waals surface area contributed by atoms with E-state index in [9.17, 15) is 18.0 Å². The van der Waals surface area contributed by atoms with Crippen molar-refractivity contribution in [2.24, 2.45) is 0 Å². The van der Waals surface area contributed by atoms with Gasteiger partial charge in [-0.1, -0.05) is 6.07 Å². The van der Waals surface area contributed by atoms with E-state index in [1.807, 2.05) is 0 Å². The van der Waals surface area contributed by atoms with Gasteiger partial charge in [0.15, 0.2) is 11.2 Å². The van der Waals surface area contributed by atoms with Crippen LogP contribution in [-0.2, 0) is 11.0 Å². The number of nitrogens with zero attached hydrogens (tertiary/aromatic N) is 1. The number of aromatic nitrogens is 1. The van der Waals surface area contributed by atoms with Crippen LogP contribution in [0.25, 0.3) is 0 Å². The molecule has 21 heavy (non-hydrogen) atoms. The van der Waals surface area contributed by atoms with Crippen LogP contribution in [0.5, 0.6) is 5.75 Å². The number of nitrogens with one attached hydrogen (secondary N) is 1. The maximum atomic E-state index is 12.6. The van der Waals surface area contributed by atoms with Gasteiger partial charge >= 0.3 is 6.18 Å². The molecule has 0 aliphatic carbocycles. The Morgan fingerprint density at radius 2 is 2.19 bits per heavy atom. The summed E-state index contributed by atoms with van der Waals surface area (Å²) in [7, 11) is 0. The second kappa shape index (κ2) is 6.13. The SMILES string of the molecule is C[C@@H](Oc1cccc(C(F)(F)F)c1)C(=O)Nc1nccs1. The monoisotopic (exact) mass is 316 g/mol. The number of hydrogen-bond donors (Lipinski definition) is 1. The van der Waals surface area contributed by atoms with Crippen molar-refractivity contribution >= 4 is 22.4 Å². The third kappa shape index (κ3) is 4.19. The largest absolute Gasteiger partial charge is 0.481 e. The van der Waals surface area contributed by atoms with Crippen LogP contribution in [0.15, 0.2) is 35.8 Å². The van der Waals surface area contributed by atoms with Crippen molar-refractivity contribution < 1.29 is 22.7 Å². The molecule has 0 unspecified atom stereocenters. The standard InChI is InChI=1S/C13H11F3N2O2S/c1-8(11(19)18-12-17-5-6-21-12)20-10-4-2-3-9(7-10)13(14,15)16/h2-8H,1H3,(H,17,18,19)/t8-/m1/s1. The first-order chi connectivity index (χ1) is 9.86. The fourth-order valence-corrected chi connectivity index (χ4v) is 2.03. The maximum Gasteiger partial charge on any atom is 0.416 e. The van der Waals surface area contributed by atoms with Gasteiger partial charge < -0.3 is 4.74 Å². The fraction of sp³-hybridized carbons (Fsp3) is 0.231. The highest BCUT2D eigenvalue weighted by molar-refractivity contribution is 7.13. The minimum atomic E-state index is -4.45. The lowest BCUT2D eigenvalue weighted by atomic mass is 10.2. The predicted octanol–water partition coefficient (Wildman–Crippen LogP) is 3.57. The van der Waals surface area contributed by atoms with Crippen LogP contribution in [0.2, 0.25) is 0 Å². The van der Waals surface area contributed by atoms with Gasteiger partial charge in [0.1, 0.15) is 5.75 Å². The lowest BCUT2D eigenvalue weighted by Crippen LogP contribution is -2.30. The molecule has 0 radical (unpaired) electrons. The second-order valence-corrected chi connectivity index (χ2v) is 5.01. The van der Waals surface area contributed by atoms with Gasteiger partial charge in [0.2, 0.25) is 0 Å². The molecule has 1 atom stereocenters. The van der Waals surface area contributed by atoms with Crippen molar-refractivity contribution in [2.45, 2.75) is 19.2 Å². The fourth-order valence-electron chi connectivity index (χ4n) is 1.50. The van der Waals surface area contributed by atoms with E-state index < -0.39 is 23.8 Å². The van der Waals surface area contributed by atoms with E-state index in [-0.39, 0.29) is 5.75 Å². The predicted molar refractivity (Wildman–Crippen MR) is 72.3 cm³/mol. The molecule has 1 N–H and O–H groups in total. The highest BCUT2D eigenvalue weighted by Crippen LogP contribution is 2.31. The normalized spacial score (nSPS) is 12.8. The van der Waals surface area contributed by atoms with Gasteiger partial charge in [-0.25, -0.2) is 4.98 Å². The molecule has 0 saturated carbocycles. The Morgan fingerprint density at radius 1 is 1.43 bits per heavy atom. The molecule has 1 heterocycles. The molecule has 4 nitrogen and oxygen atoms in total. The van der Waals surface area contributed by atoms with Crippen molar-refractivity contribution in [2.75, 3.05) is 5.32 Å².